The third kappa shape index (κ3) is 4.24. The lowest BCUT2D eigenvalue weighted by atomic mass is 10.3. The second kappa shape index (κ2) is 7.47. The number of thiazole rings is 1. The van der Waals surface area contributed by atoms with Gasteiger partial charge in [-0.3, -0.25) is 4.98 Å². The quantitative estimate of drug-likeness (QED) is 0.691. The molecule has 0 aliphatic heterocycles. The molecule has 0 spiro atoms. The summed E-state index contributed by atoms with van der Waals surface area (Å²) in [5.74, 6) is 0.635. The Morgan fingerprint density at radius 3 is 2.64 bits per heavy atom. The van der Waals surface area contributed by atoms with Crippen LogP contribution in [0.15, 0.2) is 42.0 Å². The highest BCUT2D eigenvalue weighted by molar-refractivity contribution is 7.14. The fourth-order valence-electron chi connectivity index (χ4n) is 1.95. The average Bonchev–Trinajstić information content (AvgIpc) is 3.06. The van der Waals surface area contributed by atoms with E-state index in [0.29, 0.717) is 22.3 Å². The van der Waals surface area contributed by atoms with Crippen molar-refractivity contribution in [2.75, 3.05) is 5.32 Å². The second-order valence-corrected chi connectivity index (χ2v) is 5.87. The number of rotatable bonds is 6. The number of pyridine rings is 2. The number of hydrogen-bond acceptors (Lipinski definition) is 6. The molecule has 130 valence electrons. The van der Waals surface area contributed by atoms with Crippen LogP contribution >= 0.6 is 11.3 Å². The first-order valence-electron chi connectivity index (χ1n) is 7.22. The largest absolute Gasteiger partial charge is 0.453 e. The van der Waals surface area contributed by atoms with Crippen LogP contribution < -0.4 is 10.1 Å². The predicted molar refractivity (Wildman–Crippen MR) is 89.1 cm³/mol. The minimum atomic E-state index is -3.21. The van der Waals surface area contributed by atoms with Gasteiger partial charge in [0.25, 0.3) is 6.36 Å². The Morgan fingerprint density at radius 1 is 1.12 bits per heavy atom. The van der Waals surface area contributed by atoms with E-state index in [-0.39, 0.29) is 5.75 Å². The number of alkyl halides is 3. The number of halogens is 3. The number of anilines is 2. The summed E-state index contributed by atoms with van der Waals surface area (Å²) in [4.78, 5) is 12.7. The zero-order valence-corrected chi connectivity index (χ0v) is 13.8. The van der Waals surface area contributed by atoms with E-state index >= 15 is 0 Å². The van der Waals surface area contributed by atoms with Crippen LogP contribution in [0.25, 0.3) is 11.4 Å². The van der Waals surface area contributed by atoms with Crippen molar-refractivity contribution in [3.8, 4) is 17.1 Å². The maximum Gasteiger partial charge on any atom is 0.304 e. The number of ether oxygens (including phenoxy) is 1. The van der Waals surface area contributed by atoms with E-state index in [4.69, 9.17) is 0 Å². The van der Waals surface area contributed by atoms with Crippen LogP contribution in [0.5, 0.6) is 5.75 Å². The van der Waals surface area contributed by atoms with Crippen molar-refractivity contribution in [3.63, 3.8) is 0 Å². The molecule has 3 aromatic rings. The van der Waals surface area contributed by atoms with Crippen LogP contribution in [0.3, 0.4) is 0 Å². The topological polar surface area (TPSA) is 59.9 Å². The molecule has 0 aromatic carbocycles. The van der Waals surface area contributed by atoms with E-state index in [2.05, 4.69) is 25.0 Å². The summed E-state index contributed by atoms with van der Waals surface area (Å²) >= 11 is 1.37. The molecule has 0 saturated heterocycles. The number of nitrogens with zero attached hydrogens (tertiary/aromatic N) is 3. The zero-order chi connectivity index (χ0) is 17.8. The Hall–Kier alpha value is -2.68. The Morgan fingerprint density at radius 2 is 1.96 bits per heavy atom. The molecule has 0 radical (unpaired) electrons. The monoisotopic (exact) mass is 366 g/mol. The molecule has 25 heavy (non-hydrogen) atoms. The van der Waals surface area contributed by atoms with Gasteiger partial charge in [0.05, 0.1) is 11.9 Å². The van der Waals surface area contributed by atoms with Crippen LogP contribution in [0.1, 0.15) is 5.56 Å². The van der Waals surface area contributed by atoms with Gasteiger partial charge in [0, 0.05) is 11.6 Å². The molecule has 0 fully saturated rings. The molecule has 3 heterocycles. The maximum atomic E-state index is 12.9. The molecular formula is C16H13F3N4OS. The molecule has 1 N–H and O–H groups in total. The molecule has 1 atom stereocenters. The van der Waals surface area contributed by atoms with Crippen molar-refractivity contribution in [2.45, 2.75) is 19.7 Å². The summed E-state index contributed by atoms with van der Waals surface area (Å²) in [6.45, 7) is 1.93. The highest BCUT2D eigenvalue weighted by Gasteiger charge is 2.21. The molecule has 0 amide bonds. The van der Waals surface area contributed by atoms with Crippen LogP contribution in [0, 0.1) is 6.92 Å². The minimum Gasteiger partial charge on any atom is -0.453 e. The van der Waals surface area contributed by atoms with Gasteiger partial charge in [-0.2, -0.15) is 4.39 Å². The minimum absolute atomic E-state index is 0.0748. The first-order valence-corrected chi connectivity index (χ1v) is 8.10. The van der Waals surface area contributed by atoms with Crippen LogP contribution in [-0.2, 0) is 0 Å². The fourth-order valence-corrected chi connectivity index (χ4v) is 2.65. The number of nitrogens with one attached hydrogen (secondary N) is 1. The predicted octanol–water partition coefficient (Wildman–Crippen LogP) is 4.59. The van der Waals surface area contributed by atoms with Gasteiger partial charge in [-0.1, -0.05) is 6.07 Å². The van der Waals surface area contributed by atoms with E-state index in [0.717, 1.165) is 5.56 Å². The van der Waals surface area contributed by atoms with Crippen LogP contribution in [-0.4, -0.2) is 27.7 Å². The van der Waals surface area contributed by atoms with Gasteiger partial charge >= 0.3 is 6.43 Å². The highest BCUT2D eigenvalue weighted by Crippen LogP contribution is 2.27. The van der Waals surface area contributed by atoms with Crippen molar-refractivity contribution >= 4 is 22.3 Å². The van der Waals surface area contributed by atoms with E-state index in [1.165, 1.54) is 29.7 Å². The van der Waals surface area contributed by atoms with Gasteiger partial charge < -0.3 is 10.1 Å². The summed E-state index contributed by atoms with van der Waals surface area (Å²) in [7, 11) is 0. The lowest BCUT2D eigenvalue weighted by Gasteiger charge is -2.09. The van der Waals surface area contributed by atoms with Gasteiger partial charge in [-0.15, -0.1) is 11.3 Å². The standard InChI is InChI=1S/C16H13F3N4OS/c1-9-3-2-6-20-15(9)23-16-22-12(8-25-16)11-5-4-10(7-21-11)24-14(19)13(17)18/h2-8,13-14H,1H3,(H,20,22,23). The van der Waals surface area contributed by atoms with Crippen molar-refractivity contribution in [3.05, 3.63) is 47.6 Å². The fraction of sp³-hybridized carbons (Fsp3) is 0.188. The average molecular weight is 366 g/mol. The highest BCUT2D eigenvalue weighted by atomic mass is 32.1. The van der Waals surface area contributed by atoms with Gasteiger partial charge in [0.2, 0.25) is 0 Å². The van der Waals surface area contributed by atoms with Gasteiger partial charge in [-0.05, 0) is 30.7 Å². The first kappa shape index (κ1) is 17.2. The second-order valence-electron chi connectivity index (χ2n) is 5.01. The summed E-state index contributed by atoms with van der Waals surface area (Å²) in [5.41, 5.74) is 2.10. The maximum absolute atomic E-state index is 12.9. The lowest BCUT2D eigenvalue weighted by molar-refractivity contribution is -0.0670. The molecule has 9 heteroatoms. The molecule has 3 rings (SSSR count). The van der Waals surface area contributed by atoms with Crippen molar-refractivity contribution in [1.82, 2.24) is 15.0 Å². The lowest BCUT2D eigenvalue weighted by Crippen LogP contribution is -2.19. The number of aryl methyl sites for hydroxylation is 1. The molecule has 0 aliphatic carbocycles. The number of aromatic nitrogens is 3. The molecule has 5 nitrogen and oxygen atoms in total. The van der Waals surface area contributed by atoms with Gasteiger partial charge in [0.15, 0.2) is 5.13 Å². The summed E-state index contributed by atoms with van der Waals surface area (Å²) < 4.78 is 41.6. The molecule has 3 aromatic heterocycles. The zero-order valence-electron chi connectivity index (χ0n) is 13.0. The molecule has 0 saturated carbocycles. The normalized spacial score (nSPS) is 12.2. The Bertz CT molecular complexity index is 841. The van der Waals surface area contributed by atoms with E-state index in [1.807, 2.05) is 19.1 Å². The first-order chi connectivity index (χ1) is 12.0. The summed E-state index contributed by atoms with van der Waals surface area (Å²) in [6.07, 6.45) is -3.02. The smallest absolute Gasteiger partial charge is 0.304 e. The SMILES string of the molecule is Cc1cccnc1Nc1nc(-c2ccc(OC(F)C(F)F)cn2)cs1. The van der Waals surface area contributed by atoms with Crippen LogP contribution in [0.2, 0.25) is 0 Å². The van der Waals surface area contributed by atoms with Crippen LogP contribution in [0.4, 0.5) is 24.1 Å². The van der Waals surface area contributed by atoms with Gasteiger partial charge in [0.1, 0.15) is 17.3 Å². The third-order valence-electron chi connectivity index (χ3n) is 3.18. The van der Waals surface area contributed by atoms with Crippen molar-refractivity contribution in [1.29, 1.82) is 0 Å². The number of hydrogen-bond donors (Lipinski definition) is 1. The van der Waals surface area contributed by atoms with E-state index < -0.39 is 12.8 Å². The van der Waals surface area contributed by atoms with Gasteiger partial charge in [-0.25, -0.2) is 18.7 Å². The summed E-state index contributed by atoms with van der Waals surface area (Å²) in [5, 5.41) is 5.55. The molecular weight excluding hydrogens is 353 g/mol. The Kier molecular flexibility index (Phi) is 5.13. The molecule has 0 aliphatic rings. The van der Waals surface area contributed by atoms with Crippen molar-refractivity contribution in [2.24, 2.45) is 0 Å². The molecule has 1 unspecified atom stereocenters. The Balaban J connectivity index is 1.71. The Labute approximate surface area is 145 Å². The summed E-state index contributed by atoms with van der Waals surface area (Å²) in [6, 6.07) is 6.67. The van der Waals surface area contributed by atoms with E-state index in [1.54, 1.807) is 11.6 Å². The molecule has 0 bridgehead atoms. The third-order valence-corrected chi connectivity index (χ3v) is 3.94. The van der Waals surface area contributed by atoms with E-state index in [9.17, 15) is 13.2 Å². The van der Waals surface area contributed by atoms with Crippen molar-refractivity contribution < 1.29 is 17.9 Å².